The van der Waals surface area contributed by atoms with Crippen molar-refractivity contribution in [2.45, 2.75) is 18.9 Å². The number of amides is 1. The first-order chi connectivity index (χ1) is 19.9. The summed E-state index contributed by atoms with van der Waals surface area (Å²) in [5.41, 5.74) is 2.87. The molecule has 41 heavy (non-hydrogen) atoms. The molecule has 10 nitrogen and oxygen atoms in total. The van der Waals surface area contributed by atoms with Gasteiger partial charge in [-0.3, -0.25) is 9.89 Å². The summed E-state index contributed by atoms with van der Waals surface area (Å²) in [6, 6.07) is 12.8. The van der Waals surface area contributed by atoms with E-state index in [0.717, 1.165) is 62.5 Å². The normalized spacial score (nSPS) is 16.6. The van der Waals surface area contributed by atoms with Crippen LogP contribution in [0.15, 0.2) is 48.5 Å². The molecule has 2 aromatic carbocycles. The Labute approximate surface area is 236 Å². The molecule has 0 saturated carbocycles. The average molecular weight is 563 g/mol. The van der Waals surface area contributed by atoms with Gasteiger partial charge in [-0.25, -0.2) is 13.8 Å². The van der Waals surface area contributed by atoms with Gasteiger partial charge in [0.2, 0.25) is 0 Å². The summed E-state index contributed by atoms with van der Waals surface area (Å²) in [7, 11) is 2.12. The Morgan fingerprint density at radius 1 is 1.00 bits per heavy atom. The van der Waals surface area contributed by atoms with Crippen molar-refractivity contribution < 1.29 is 18.3 Å². The molecule has 0 aliphatic carbocycles. The van der Waals surface area contributed by atoms with Crippen molar-refractivity contribution in [2.75, 3.05) is 67.3 Å². The molecule has 0 radical (unpaired) electrons. The second-order valence-electron chi connectivity index (χ2n) is 10.4. The number of hydrogen-bond acceptors (Lipinski definition) is 8. The molecule has 2 aromatic heterocycles. The zero-order chi connectivity index (χ0) is 28.3. The summed E-state index contributed by atoms with van der Waals surface area (Å²) in [6.07, 6.45) is 1.74. The van der Waals surface area contributed by atoms with E-state index < -0.39 is 11.6 Å². The number of aromatic nitrogens is 3. The van der Waals surface area contributed by atoms with Crippen molar-refractivity contribution in [2.24, 2.45) is 0 Å². The molecular weight excluding hydrogens is 530 g/mol. The highest BCUT2D eigenvalue weighted by Gasteiger charge is 2.22. The lowest BCUT2D eigenvalue weighted by Gasteiger charge is -2.34. The lowest BCUT2D eigenvalue weighted by molar-refractivity contribution is 0.0904. The van der Waals surface area contributed by atoms with Crippen LogP contribution in [-0.2, 0) is 4.74 Å². The molecule has 0 spiro atoms. The van der Waals surface area contributed by atoms with Crippen LogP contribution in [0.1, 0.15) is 23.2 Å². The molecule has 4 heterocycles. The molecule has 2 aliphatic heterocycles. The predicted molar refractivity (Wildman–Crippen MR) is 155 cm³/mol. The van der Waals surface area contributed by atoms with Crippen LogP contribution in [0, 0.1) is 11.6 Å². The maximum atomic E-state index is 14.1. The first-order valence-electron chi connectivity index (χ1n) is 13.7. The molecule has 0 unspecified atom stereocenters. The molecule has 2 saturated heterocycles. The Balaban J connectivity index is 1.22. The van der Waals surface area contributed by atoms with Crippen molar-refractivity contribution in [1.82, 2.24) is 20.1 Å². The highest BCUT2D eigenvalue weighted by molar-refractivity contribution is 6.10. The minimum Gasteiger partial charge on any atom is -0.381 e. The molecular formula is C29H32F2N8O2. The van der Waals surface area contributed by atoms with Crippen LogP contribution in [0.5, 0.6) is 0 Å². The zero-order valence-electron chi connectivity index (χ0n) is 22.7. The number of H-pyrrole nitrogens is 1. The maximum absolute atomic E-state index is 14.1. The van der Waals surface area contributed by atoms with Gasteiger partial charge in [-0.1, -0.05) is 0 Å². The number of hydrogen-bond donors (Lipinski definition) is 4. The summed E-state index contributed by atoms with van der Waals surface area (Å²) in [6.45, 7) is 5.20. The number of halogens is 2. The van der Waals surface area contributed by atoms with E-state index in [9.17, 15) is 13.6 Å². The number of nitrogens with one attached hydrogen (secondary N) is 4. The molecule has 2 fully saturated rings. The number of ether oxygens (including phenoxy) is 1. The van der Waals surface area contributed by atoms with Crippen molar-refractivity contribution in [3.05, 3.63) is 65.7 Å². The zero-order valence-corrected chi connectivity index (χ0v) is 22.7. The summed E-state index contributed by atoms with van der Waals surface area (Å²) >= 11 is 0. The third kappa shape index (κ3) is 6.08. The summed E-state index contributed by atoms with van der Waals surface area (Å²) in [4.78, 5) is 22.6. The molecule has 0 bridgehead atoms. The van der Waals surface area contributed by atoms with Gasteiger partial charge in [0.05, 0.1) is 16.6 Å². The van der Waals surface area contributed by atoms with Crippen molar-refractivity contribution in [3.8, 4) is 0 Å². The van der Waals surface area contributed by atoms with Gasteiger partial charge in [0.1, 0.15) is 17.5 Å². The average Bonchev–Trinajstić information content (AvgIpc) is 3.37. The fourth-order valence-electron chi connectivity index (χ4n) is 5.15. The lowest BCUT2D eigenvalue weighted by atomic mass is 10.1. The fourth-order valence-corrected chi connectivity index (χ4v) is 5.15. The standard InChI is InChI=1S/C29H32F2N8O2/c1-38-10-12-39(13-11-38)20-3-4-21(25(17-20)32-19-8-14-41-15-9-19)29(40)35-28-22-5-7-26(34-27(22)36-37-28)33-24-6-2-18(30)16-23(24)31/h2-7,16-17,19,32H,8-15H2,1H3,(H3,33,34,35,36,37,40). The molecule has 12 heteroatoms. The van der Waals surface area contributed by atoms with Crippen LogP contribution in [0.25, 0.3) is 11.0 Å². The quantitative estimate of drug-likeness (QED) is 0.259. The minimum absolute atomic E-state index is 0.0934. The van der Waals surface area contributed by atoms with Gasteiger partial charge in [-0.2, -0.15) is 5.10 Å². The van der Waals surface area contributed by atoms with Crippen LogP contribution in [0.2, 0.25) is 0 Å². The number of aromatic amines is 1. The molecule has 0 atom stereocenters. The summed E-state index contributed by atoms with van der Waals surface area (Å²) in [5.74, 6) is -1.02. The molecule has 1 amide bonds. The summed E-state index contributed by atoms with van der Waals surface area (Å²) in [5, 5.41) is 17.0. The van der Waals surface area contributed by atoms with Crippen molar-refractivity contribution in [3.63, 3.8) is 0 Å². The first kappa shape index (κ1) is 26.9. The van der Waals surface area contributed by atoms with E-state index in [1.807, 2.05) is 12.1 Å². The highest BCUT2D eigenvalue weighted by Crippen LogP contribution is 2.29. The molecule has 4 aromatic rings. The predicted octanol–water partition coefficient (Wildman–Crippen LogP) is 4.57. The third-order valence-electron chi connectivity index (χ3n) is 7.55. The highest BCUT2D eigenvalue weighted by atomic mass is 19.1. The number of anilines is 5. The smallest absolute Gasteiger partial charge is 0.258 e. The SMILES string of the molecule is CN1CCN(c2ccc(C(=O)Nc3n[nH]c4nc(Nc5ccc(F)cc5F)ccc34)c(NC3CCOCC3)c2)CC1. The number of pyridine rings is 1. The number of fused-ring (bicyclic) bond motifs is 1. The molecule has 4 N–H and O–H groups in total. The number of carbonyl (C=O) groups excluding carboxylic acids is 1. The second kappa shape index (κ2) is 11.7. The van der Waals surface area contributed by atoms with Crippen molar-refractivity contribution in [1.29, 1.82) is 0 Å². The van der Waals surface area contributed by atoms with Gasteiger partial charge in [0.25, 0.3) is 5.91 Å². The van der Waals surface area contributed by atoms with E-state index in [-0.39, 0.29) is 17.6 Å². The Kier molecular flexibility index (Phi) is 7.66. The summed E-state index contributed by atoms with van der Waals surface area (Å²) < 4.78 is 32.8. The Morgan fingerprint density at radius 3 is 2.59 bits per heavy atom. The third-order valence-corrected chi connectivity index (χ3v) is 7.55. The maximum Gasteiger partial charge on any atom is 0.258 e. The van der Waals surface area contributed by atoms with E-state index in [1.54, 1.807) is 12.1 Å². The van der Waals surface area contributed by atoms with Gasteiger partial charge in [0, 0.05) is 62.9 Å². The fraction of sp³-hybridized carbons (Fsp3) is 0.345. The minimum atomic E-state index is -0.728. The van der Waals surface area contributed by atoms with Gasteiger partial charge in [-0.05, 0) is 62.4 Å². The van der Waals surface area contributed by atoms with Crippen LogP contribution < -0.4 is 20.9 Å². The number of benzene rings is 2. The van der Waals surface area contributed by atoms with Gasteiger partial charge >= 0.3 is 0 Å². The first-order valence-corrected chi connectivity index (χ1v) is 13.7. The van der Waals surface area contributed by atoms with Crippen LogP contribution >= 0.6 is 0 Å². The second-order valence-corrected chi connectivity index (χ2v) is 10.4. The van der Waals surface area contributed by atoms with Gasteiger partial charge in [0.15, 0.2) is 11.5 Å². The van der Waals surface area contributed by atoms with Crippen molar-refractivity contribution >= 4 is 45.6 Å². The molecule has 214 valence electrons. The topological polar surface area (TPSA) is 110 Å². The van der Waals surface area contributed by atoms with E-state index in [4.69, 9.17) is 4.74 Å². The lowest BCUT2D eigenvalue weighted by Crippen LogP contribution is -2.44. The number of likely N-dealkylation sites (N-methyl/N-ethyl adjacent to an activating group) is 1. The van der Waals surface area contributed by atoms with Crippen LogP contribution in [0.3, 0.4) is 0 Å². The molecule has 6 rings (SSSR count). The number of nitrogens with zero attached hydrogens (tertiary/aromatic N) is 4. The van der Waals surface area contributed by atoms with Gasteiger partial charge in [-0.15, -0.1) is 0 Å². The largest absolute Gasteiger partial charge is 0.381 e. The Bertz CT molecular complexity index is 1550. The van der Waals surface area contributed by atoms with E-state index in [1.165, 1.54) is 6.07 Å². The number of piperazine rings is 1. The van der Waals surface area contributed by atoms with Crippen LogP contribution in [0.4, 0.5) is 37.5 Å². The van der Waals surface area contributed by atoms with E-state index in [0.29, 0.717) is 41.4 Å². The number of carbonyl (C=O) groups is 1. The monoisotopic (exact) mass is 562 g/mol. The molecule has 2 aliphatic rings. The van der Waals surface area contributed by atoms with Gasteiger partial charge < -0.3 is 30.5 Å². The van der Waals surface area contributed by atoms with Crippen LogP contribution in [-0.4, -0.2) is 78.5 Å². The number of rotatable bonds is 7. The van der Waals surface area contributed by atoms with E-state index in [2.05, 4.69) is 54.0 Å². The van der Waals surface area contributed by atoms with E-state index >= 15 is 0 Å². The Morgan fingerprint density at radius 2 is 1.80 bits per heavy atom. The Hall–Kier alpha value is -4.29.